The molecule has 0 amide bonds. The molecule has 1 aromatic carbocycles. The summed E-state index contributed by atoms with van der Waals surface area (Å²) in [5.41, 5.74) is -0.299. The first-order chi connectivity index (χ1) is 12.1. The Morgan fingerprint density at radius 2 is 1.88 bits per heavy atom. The fourth-order valence-corrected chi connectivity index (χ4v) is 6.99. The monoisotopic (exact) mass is 377 g/mol. The quantitative estimate of drug-likeness (QED) is 0.708. The Balaban J connectivity index is 2.03. The Hall–Kier alpha value is -1.28. The lowest BCUT2D eigenvalue weighted by Gasteiger charge is -2.39. The number of fused-ring (bicyclic) bond motifs is 1. The molecule has 2 aliphatic rings. The SMILES string of the molecule is COc1cccc2c1[P@@](C(C)(C)C)[C@@H](C(C)(C)C1=N[C@H](C(C)C)CO1)O2. The molecule has 0 saturated carbocycles. The van der Waals surface area contributed by atoms with Crippen molar-refractivity contribution in [1.82, 2.24) is 0 Å². The van der Waals surface area contributed by atoms with Crippen LogP contribution in [0.5, 0.6) is 11.5 Å². The average Bonchev–Trinajstić information content (AvgIpc) is 3.19. The predicted molar refractivity (Wildman–Crippen MR) is 110 cm³/mol. The van der Waals surface area contributed by atoms with E-state index < -0.39 is 7.92 Å². The fourth-order valence-electron chi connectivity index (χ4n) is 3.64. The highest BCUT2D eigenvalue weighted by Crippen LogP contribution is 2.64. The van der Waals surface area contributed by atoms with E-state index in [1.54, 1.807) is 7.11 Å². The molecule has 0 N–H and O–H groups in total. The molecule has 0 aliphatic carbocycles. The van der Waals surface area contributed by atoms with Crippen molar-refractivity contribution in [3.8, 4) is 11.5 Å². The molecule has 144 valence electrons. The van der Waals surface area contributed by atoms with Crippen LogP contribution in [0.25, 0.3) is 0 Å². The molecule has 2 aliphatic heterocycles. The molecule has 1 aromatic rings. The van der Waals surface area contributed by atoms with Gasteiger partial charge in [0.15, 0.2) is 5.90 Å². The first-order valence-electron chi connectivity index (χ1n) is 9.41. The van der Waals surface area contributed by atoms with Gasteiger partial charge in [-0.15, -0.1) is 0 Å². The third-order valence-electron chi connectivity index (χ3n) is 5.23. The van der Waals surface area contributed by atoms with Gasteiger partial charge in [-0.2, -0.15) is 0 Å². The third kappa shape index (κ3) is 3.22. The van der Waals surface area contributed by atoms with Crippen molar-refractivity contribution in [3.05, 3.63) is 18.2 Å². The van der Waals surface area contributed by atoms with E-state index in [-0.39, 0.29) is 22.5 Å². The van der Waals surface area contributed by atoms with Crippen LogP contribution in [0.4, 0.5) is 0 Å². The van der Waals surface area contributed by atoms with Gasteiger partial charge in [-0.25, -0.2) is 4.99 Å². The van der Waals surface area contributed by atoms with Crippen molar-refractivity contribution in [1.29, 1.82) is 0 Å². The van der Waals surface area contributed by atoms with Crippen LogP contribution < -0.4 is 14.8 Å². The number of hydrogen-bond donors (Lipinski definition) is 0. The predicted octanol–water partition coefficient (Wildman–Crippen LogP) is 4.80. The van der Waals surface area contributed by atoms with Gasteiger partial charge in [-0.3, -0.25) is 0 Å². The third-order valence-corrected chi connectivity index (χ3v) is 8.82. The number of ether oxygens (including phenoxy) is 3. The first kappa shape index (κ1) is 19.5. The minimum absolute atomic E-state index is 0.00784. The lowest BCUT2D eigenvalue weighted by atomic mass is 9.94. The second kappa shape index (κ2) is 6.71. The second-order valence-corrected chi connectivity index (χ2v) is 12.1. The van der Waals surface area contributed by atoms with Crippen LogP contribution in [0.2, 0.25) is 0 Å². The van der Waals surface area contributed by atoms with Gasteiger partial charge in [0, 0.05) is 0 Å². The minimum atomic E-state index is -0.634. The first-order valence-corrected chi connectivity index (χ1v) is 10.8. The zero-order valence-electron chi connectivity index (χ0n) is 17.3. The summed E-state index contributed by atoms with van der Waals surface area (Å²) in [6.07, 6.45) is 0. The molecule has 5 heteroatoms. The zero-order valence-corrected chi connectivity index (χ0v) is 18.2. The van der Waals surface area contributed by atoms with Gasteiger partial charge in [-0.1, -0.05) is 40.7 Å². The van der Waals surface area contributed by atoms with Crippen molar-refractivity contribution >= 4 is 19.1 Å². The molecule has 3 atom stereocenters. The summed E-state index contributed by atoms with van der Waals surface area (Å²) in [6.45, 7) is 16.4. The van der Waals surface area contributed by atoms with Crippen molar-refractivity contribution in [2.45, 2.75) is 65.5 Å². The molecule has 0 bridgehead atoms. The maximum atomic E-state index is 6.55. The number of hydrogen-bond acceptors (Lipinski definition) is 4. The van der Waals surface area contributed by atoms with Gasteiger partial charge < -0.3 is 14.2 Å². The van der Waals surface area contributed by atoms with Gasteiger partial charge in [0.05, 0.1) is 23.9 Å². The van der Waals surface area contributed by atoms with Crippen LogP contribution in [0.15, 0.2) is 23.2 Å². The fraction of sp³-hybridized carbons (Fsp3) is 0.667. The van der Waals surface area contributed by atoms with Crippen LogP contribution in [-0.2, 0) is 4.74 Å². The van der Waals surface area contributed by atoms with E-state index in [0.717, 1.165) is 17.4 Å². The lowest BCUT2D eigenvalue weighted by Crippen LogP contribution is -2.41. The summed E-state index contributed by atoms with van der Waals surface area (Å²) in [7, 11) is 1.10. The number of aliphatic imine (C=N–C) groups is 1. The van der Waals surface area contributed by atoms with Crippen molar-refractivity contribution in [2.75, 3.05) is 13.7 Å². The Kier molecular flexibility index (Phi) is 5.03. The van der Waals surface area contributed by atoms with Crippen LogP contribution in [0, 0.1) is 11.3 Å². The summed E-state index contributed by atoms with van der Waals surface area (Å²) in [6, 6.07) is 6.34. The van der Waals surface area contributed by atoms with Gasteiger partial charge in [-0.05, 0) is 45.0 Å². The molecule has 3 rings (SSSR count). The molecule has 0 aromatic heterocycles. The molecule has 0 unspecified atom stereocenters. The highest BCUT2D eigenvalue weighted by Gasteiger charge is 2.53. The highest BCUT2D eigenvalue weighted by molar-refractivity contribution is 7.68. The van der Waals surface area contributed by atoms with E-state index in [4.69, 9.17) is 19.2 Å². The number of methoxy groups -OCH3 is 1. The zero-order chi connectivity index (χ0) is 19.3. The Morgan fingerprint density at radius 1 is 1.19 bits per heavy atom. The molecule has 0 saturated heterocycles. The molecular formula is C21H32NO3P. The van der Waals surface area contributed by atoms with Gasteiger partial charge in [0.25, 0.3) is 0 Å². The van der Waals surface area contributed by atoms with E-state index in [9.17, 15) is 0 Å². The van der Waals surface area contributed by atoms with Crippen LogP contribution in [-0.4, -0.2) is 36.7 Å². The number of rotatable bonds is 4. The molecule has 4 nitrogen and oxygen atoms in total. The van der Waals surface area contributed by atoms with E-state index in [2.05, 4.69) is 54.5 Å². The van der Waals surface area contributed by atoms with Crippen LogP contribution in [0.3, 0.4) is 0 Å². The van der Waals surface area contributed by atoms with E-state index in [1.807, 2.05) is 12.1 Å². The maximum absolute atomic E-state index is 6.55. The topological polar surface area (TPSA) is 40.0 Å². The average molecular weight is 377 g/mol. The molecule has 0 radical (unpaired) electrons. The molecule has 2 heterocycles. The van der Waals surface area contributed by atoms with Gasteiger partial charge in [0.2, 0.25) is 0 Å². The summed E-state index contributed by atoms with van der Waals surface area (Å²) >= 11 is 0. The normalized spacial score (nSPS) is 25.6. The van der Waals surface area contributed by atoms with Crippen molar-refractivity contribution in [3.63, 3.8) is 0 Å². The van der Waals surface area contributed by atoms with Crippen LogP contribution >= 0.6 is 7.92 Å². The summed E-state index contributed by atoms with van der Waals surface area (Å²) in [5, 5.41) is 1.31. The van der Waals surface area contributed by atoms with E-state index >= 15 is 0 Å². The minimum Gasteiger partial charge on any atom is -0.496 e. The Morgan fingerprint density at radius 3 is 2.42 bits per heavy atom. The molecular weight excluding hydrogens is 345 g/mol. The Bertz CT molecular complexity index is 706. The van der Waals surface area contributed by atoms with Gasteiger partial charge in [0.1, 0.15) is 24.0 Å². The standard InChI is InChI=1S/C21H32NO3P/c1-13(2)14-12-24-18(22-14)21(6,7)19-25-16-11-9-10-15(23-8)17(16)26(19)20(3,4)5/h9-11,13-14,19H,12H2,1-8H3/t14-,19-,26+/m0/s1. The second-order valence-electron chi connectivity index (χ2n) is 9.10. The summed E-state index contributed by atoms with van der Waals surface area (Å²) in [4.78, 5) is 4.92. The largest absolute Gasteiger partial charge is 0.496 e. The number of nitrogens with zero attached hydrogens (tertiary/aromatic N) is 1. The van der Waals surface area contributed by atoms with E-state index in [0.29, 0.717) is 12.5 Å². The molecule has 0 fully saturated rings. The lowest BCUT2D eigenvalue weighted by molar-refractivity contribution is 0.172. The Labute approximate surface area is 159 Å². The van der Waals surface area contributed by atoms with Gasteiger partial charge >= 0.3 is 0 Å². The summed E-state index contributed by atoms with van der Waals surface area (Å²) < 4.78 is 18.3. The van der Waals surface area contributed by atoms with E-state index in [1.165, 1.54) is 5.30 Å². The van der Waals surface area contributed by atoms with Crippen molar-refractivity contribution in [2.24, 2.45) is 16.3 Å². The molecule has 0 spiro atoms. The van der Waals surface area contributed by atoms with Crippen LogP contribution in [0.1, 0.15) is 48.5 Å². The maximum Gasteiger partial charge on any atom is 0.193 e. The molecule has 26 heavy (non-hydrogen) atoms. The van der Waals surface area contributed by atoms with Crippen molar-refractivity contribution < 1.29 is 14.2 Å². The number of benzene rings is 1. The highest BCUT2D eigenvalue weighted by atomic mass is 31.1. The summed E-state index contributed by atoms with van der Waals surface area (Å²) in [5.74, 6) is 3.20. The smallest absolute Gasteiger partial charge is 0.193 e.